The molecule has 0 aromatic heterocycles. The van der Waals surface area contributed by atoms with Crippen LogP contribution in [0.15, 0.2) is 18.2 Å². The van der Waals surface area contributed by atoms with Crippen molar-refractivity contribution in [2.75, 3.05) is 7.11 Å². The van der Waals surface area contributed by atoms with Crippen molar-refractivity contribution >= 4 is 11.8 Å². The van der Waals surface area contributed by atoms with E-state index in [2.05, 4.69) is 0 Å². The van der Waals surface area contributed by atoms with Crippen LogP contribution in [-0.4, -0.2) is 24.0 Å². The number of Topliss-reactive ketones (excluding diaryl/α,β-unsaturated/α-hetero) is 1. The molecule has 0 spiro atoms. The Labute approximate surface area is 131 Å². The number of benzene rings is 1. The van der Waals surface area contributed by atoms with Crippen molar-refractivity contribution in [3.05, 3.63) is 29.3 Å². The molecule has 0 bridgehead atoms. The Morgan fingerprint density at radius 3 is 2.45 bits per heavy atom. The van der Waals surface area contributed by atoms with Crippen molar-refractivity contribution in [2.45, 2.75) is 34.1 Å². The number of carboxylic acid groups (broad SMARTS) is 1. The summed E-state index contributed by atoms with van der Waals surface area (Å²) in [6, 6.07) is 5.52. The maximum Gasteiger partial charge on any atom is 0.307 e. The lowest BCUT2D eigenvalue weighted by Crippen LogP contribution is -2.30. The predicted molar refractivity (Wildman–Crippen MR) is 84.2 cm³/mol. The van der Waals surface area contributed by atoms with Gasteiger partial charge in [0.15, 0.2) is 5.78 Å². The van der Waals surface area contributed by atoms with E-state index >= 15 is 0 Å². The van der Waals surface area contributed by atoms with Crippen LogP contribution in [0.3, 0.4) is 0 Å². The first-order valence-corrected chi connectivity index (χ1v) is 7.61. The number of aliphatic carboxylic acids is 1. The standard InChI is InChI=1S/C18H24O4/c1-10-6-7-15(22-5)13(8-10)16(19)12-9-14(17(20)21)18(3,4)11(12)2/h6-8,11-12,14H,9H2,1-5H3,(H,20,21)/t11-,12-,14-/m1/s1. The van der Waals surface area contributed by atoms with Crippen molar-refractivity contribution in [3.8, 4) is 5.75 Å². The minimum absolute atomic E-state index is 0.00585. The van der Waals surface area contributed by atoms with Crippen LogP contribution in [0.1, 0.15) is 43.1 Å². The van der Waals surface area contributed by atoms with E-state index in [0.717, 1.165) is 5.56 Å². The third-order valence-electron chi connectivity index (χ3n) is 5.42. The molecule has 2 rings (SSSR count). The molecule has 4 nitrogen and oxygen atoms in total. The lowest BCUT2D eigenvalue weighted by molar-refractivity contribution is -0.145. The molecule has 120 valence electrons. The quantitative estimate of drug-likeness (QED) is 0.864. The summed E-state index contributed by atoms with van der Waals surface area (Å²) in [5, 5.41) is 9.45. The Hall–Kier alpha value is -1.84. The molecular weight excluding hydrogens is 280 g/mol. The van der Waals surface area contributed by atoms with Crippen LogP contribution in [0.25, 0.3) is 0 Å². The van der Waals surface area contributed by atoms with Crippen molar-refractivity contribution in [1.82, 2.24) is 0 Å². The second-order valence-corrected chi connectivity index (χ2v) is 6.91. The number of ether oxygens (including phenoxy) is 1. The van der Waals surface area contributed by atoms with Gasteiger partial charge in [0.25, 0.3) is 0 Å². The summed E-state index contributed by atoms with van der Waals surface area (Å²) < 4.78 is 5.31. The summed E-state index contributed by atoms with van der Waals surface area (Å²) >= 11 is 0. The second-order valence-electron chi connectivity index (χ2n) is 6.91. The second kappa shape index (κ2) is 5.75. The van der Waals surface area contributed by atoms with Crippen LogP contribution in [0, 0.1) is 30.1 Å². The monoisotopic (exact) mass is 304 g/mol. The first-order valence-electron chi connectivity index (χ1n) is 7.61. The molecule has 1 saturated carbocycles. The molecule has 1 aliphatic rings. The van der Waals surface area contributed by atoms with Gasteiger partial charge in [0.1, 0.15) is 5.75 Å². The van der Waals surface area contributed by atoms with E-state index < -0.39 is 17.3 Å². The number of carboxylic acids is 1. The van der Waals surface area contributed by atoms with Gasteiger partial charge in [-0.25, -0.2) is 0 Å². The minimum atomic E-state index is -0.816. The van der Waals surface area contributed by atoms with Gasteiger partial charge in [-0.1, -0.05) is 32.4 Å². The fourth-order valence-electron chi connectivity index (χ4n) is 3.56. The molecule has 1 fully saturated rings. The highest BCUT2D eigenvalue weighted by Crippen LogP contribution is 2.51. The third kappa shape index (κ3) is 2.62. The summed E-state index contributed by atoms with van der Waals surface area (Å²) in [5.41, 5.74) is 1.15. The van der Waals surface area contributed by atoms with Gasteiger partial charge in [0, 0.05) is 5.92 Å². The molecule has 0 aliphatic heterocycles. The van der Waals surface area contributed by atoms with E-state index in [1.807, 2.05) is 39.8 Å². The SMILES string of the molecule is COc1ccc(C)cc1C(=O)[C@@H]1C[C@H](C(=O)O)C(C)(C)[C@@H]1C. The normalized spacial score (nSPS) is 26.7. The van der Waals surface area contributed by atoms with E-state index in [4.69, 9.17) is 4.74 Å². The van der Waals surface area contributed by atoms with E-state index in [0.29, 0.717) is 17.7 Å². The summed E-state index contributed by atoms with van der Waals surface area (Å²) in [4.78, 5) is 24.5. The van der Waals surface area contributed by atoms with E-state index in [-0.39, 0.29) is 17.6 Å². The van der Waals surface area contributed by atoms with Gasteiger partial charge in [0.2, 0.25) is 0 Å². The zero-order valence-electron chi connectivity index (χ0n) is 13.8. The van der Waals surface area contributed by atoms with Crippen LogP contribution in [0.4, 0.5) is 0 Å². The molecule has 0 radical (unpaired) electrons. The molecule has 1 aliphatic carbocycles. The zero-order valence-corrected chi connectivity index (χ0v) is 13.8. The number of hydrogen-bond donors (Lipinski definition) is 1. The molecule has 4 heteroatoms. The molecule has 1 N–H and O–H groups in total. The lowest BCUT2D eigenvalue weighted by atomic mass is 9.74. The zero-order chi connectivity index (χ0) is 16.7. The maximum absolute atomic E-state index is 13.0. The molecule has 22 heavy (non-hydrogen) atoms. The van der Waals surface area contributed by atoms with Gasteiger partial charge in [-0.15, -0.1) is 0 Å². The Morgan fingerprint density at radius 1 is 1.32 bits per heavy atom. The Kier molecular flexibility index (Phi) is 4.32. The molecule has 0 unspecified atom stereocenters. The van der Waals surface area contributed by atoms with Gasteiger partial charge in [-0.05, 0) is 36.8 Å². The highest BCUT2D eigenvalue weighted by Gasteiger charge is 2.52. The average molecular weight is 304 g/mol. The predicted octanol–water partition coefficient (Wildman–Crippen LogP) is 3.57. The van der Waals surface area contributed by atoms with Crippen LogP contribution in [0.2, 0.25) is 0 Å². The Bertz CT molecular complexity index is 603. The molecule has 0 saturated heterocycles. The van der Waals surface area contributed by atoms with E-state index in [1.165, 1.54) is 0 Å². The number of aryl methyl sites for hydroxylation is 1. The number of carbonyl (C=O) groups excluding carboxylic acids is 1. The lowest BCUT2D eigenvalue weighted by Gasteiger charge is -2.29. The number of carbonyl (C=O) groups is 2. The van der Waals surface area contributed by atoms with Crippen LogP contribution < -0.4 is 4.74 Å². The summed E-state index contributed by atoms with van der Waals surface area (Å²) in [6.45, 7) is 7.79. The maximum atomic E-state index is 13.0. The summed E-state index contributed by atoms with van der Waals surface area (Å²) in [7, 11) is 1.55. The summed E-state index contributed by atoms with van der Waals surface area (Å²) in [5.74, 6) is -1.04. The fraction of sp³-hybridized carbons (Fsp3) is 0.556. The number of ketones is 1. The van der Waals surface area contributed by atoms with Crippen molar-refractivity contribution in [1.29, 1.82) is 0 Å². The van der Waals surface area contributed by atoms with Crippen molar-refractivity contribution in [2.24, 2.45) is 23.2 Å². The first kappa shape index (κ1) is 16.5. The largest absolute Gasteiger partial charge is 0.496 e. The van der Waals surface area contributed by atoms with Gasteiger partial charge < -0.3 is 9.84 Å². The van der Waals surface area contributed by atoms with E-state index in [1.54, 1.807) is 13.2 Å². The molecule has 1 aromatic rings. The van der Waals surface area contributed by atoms with Gasteiger partial charge >= 0.3 is 5.97 Å². The molecule has 0 heterocycles. The smallest absolute Gasteiger partial charge is 0.307 e. The van der Waals surface area contributed by atoms with Crippen LogP contribution >= 0.6 is 0 Å². The summed E-state index contributed by atoms with van der Waals surface area (Å²) in [6.07, 6.45) is 0.388. The molecule has 0 amide bonds. The number of hydrogen-bond acceptors (Lipinski definition) is 3. The van der Waals surface area contributed by atoms with Gasteiger partial charge in [-0.2, -0.15) is 0 Å². The van der Waals surface area contributed by atoms with Crippen molar-refractivity contribution < 1.29 is 19.4 Å². The van der Waals surface area contributed by atoms with Crippen LogP contribution in [-0.2, 0) is 4.79 Å². The third-order valence-corrected chi connectivity index (χ3v) is 5.42. The topological polar surface area (TPSA) is 63.6 Å². The van der Waals surface area contributed by atoms with Gasteiger partial charge in [-0.3, -0.25) is 9.59 Å². The Balaban J connectivity index is 2.39. The van der Waals surface area contributed by atoms with E-state index in [9.17, 15) is 14.7 Å². The van der Waals surface area contributed by atoms with Crippen molar-refractivity contribution in [3.63, 3.8) is 0 Å². The highest BCUT2D eigenvalue weighted by atomic mass is 16.5. The number of rotatable bonds is 4. The fourth-order valence-corrected chi connectivity index (χ4v) is 3.56. The number of methoxy groups -OCH3 is 1. The molecule has 3 atom stereocenters. The average Bonchev–Trinajstić information content (AvgIpc) is 2.69. The first-order chi connectivity index (χ1) is 10.2. The molecule has 1 aromatic carbocycles. The molecular formula is C18H24O4. The highest BCUT2D eigenvalue weighted by molar-refractivity contribution is 6.01. The van der Waals surface area contributed by atoms with Gasteiger partial charge in [0.05, 0.1) is 18.6 Å². The minimum Gasteiger partial charge on any atom is -0.496 e. The van der Waals surface area contributed by atoms with Crippen LogP contribution in [0.5, 0.6) is 5.75 Å². The Morgan fingerprint density at radius 2 is 1.95 bits per heavy atom.